The predicted molar refractivity (Wildman–Crippen MR) is 45.0 cm³/mol. The van der Waals surface area contributed by atoms with Crippen molar-refractivity contribution in [2.24, 2.45) is 0 Å². The van der Waals surface area contributed by atoms with Crippen LogP contribution in [0.3, 0.4) is 0 Å². The summed E-state index contributed by atoms with van der Waals surface area (Å²) in [5.41, 5.74) is 1.43. The zero-order chi connectivity index (χ0) is 6.69. The molecule has 0 aromatic rings. The molecule has 9 heavy (non-hydrogen) atoms. The third-order valence-electron chi connectivity index (χ3n) is 1.36. The Hall–Kier alpha value is 0.250. The zero-order valence-corrected chi connectivity index (χ0v) is 7.37. The normalized spacial score (nSPS) is 18.9. The van der Waals surface area contributed by atoms with Crippen molar-refractivity contribution in [2.75, 3.05) is 5.33 Å². The van der Waals surface area contributed by atoms with Gasteiger partial charge in [0.15, 0.2) is 0 Å². The van der Waals surface area contributed by atoms with Gasteiger partial charge >= 0.3 is 0 Å². The summed E-state index contributed by atoms with van der Waals surface area (Å²) >= 11 is 9.13. The summed E-state index contributed by atoms with van der Waals surface area (Å²) in [6.07, 6.45) is 6.18. The molecule has 0 nitrogen and oxygen atoms in total. The molecule has 0 aliphatic heterocycles. The second kappa shape index (κ2) is 3.43. The Morgan fingerprint density at radius 2 is 2.22 bits per heavy atom. The molecule has 0 fully saturated rings. The highest BCUT2D eigenvalue weighted by Gasteiger charge is 2.01. The second-order valence-corrected chi connectivity index (χ2v) is 3.12. The highest BCUT2D eigenvalue weighted by Crippen LogP contribution is 2.21. The molecule has 0 aromatic heterocycles. The van der Waals surface area contributed by atoms with Gasteiger partial charge in [-0.2, -0.15) is 0 Å². The maximum atomic E-state index is 5.74. The van der Waals surface area contributed by atoms with Crippen molar-refractivity contribution in [3.63, 3.8) is 0 Å². The van der Waals surface area contributed by atoms with Crippen LogP contribution in [0.1, 0.15) is 12.8 Å². The second-order valence-electron chi connectivity index (χ2n) is 2.07. The summed E-state index contributed by atoms with van der Waals surface area (Å²) < 4.78 is 0. The van der Waals surface area contributed by atoms with E-state index >= 15 is 0 Å². The molecule has 0 N–H and O–H groups in total. The number of alkyl halides is 1. The Bertz CT molecular complexity index is 158. The van der Waals surface area contributed by atoms with Crippen LogP contribution in [0.2, 0.25) is 0 Å². The van der Waals surface area contributed by atoms with Gasteiger partial charge < -0.3 is 0 Å². The van der Waals surface area contributed by atoms with Gasteiger partial charge in [-0.15, -0.1) is 0 Å². The lowest BCUT2D eigenvalue weighted by molar-refractivity contribution is 0.953. The monoisotopic (exact) mass is 206 g/mol. The number of hydrogen-bond acceptors (Lipinski definition) is 0. The molecule has 0 saturated heterocycles. The molecular formula is C7H8BrCl. The Morgan fingerprint density at radius 1 is 1.44 bits per heavy atom. The van der Waals surface area contributed by atoms with E-state index in [0.717, 1.165) is 23.2 Å². The van der Waals surface area contributed by atoms with Crippen LogP contribution in [0.25, 0.3) is 0 Å². The van der Waals surface area contributed by atoms with Crippen molar-refractivity contribution in [2.45, 2.75) is 12.8 Å². The van der Waals surface area contributed by atoms with E-state index in [1.54, 1.807) is 0 Å². The lowest BCUT2D eigenvalue weighted by Gasteiger charge is -2.06. The predicted octanol–water partition coefficient (Wildman–Crippen LogP) is 3.22. The van der Waals surface area contributed by atoms with E-state index in [9.17, 15) is 0 Å². The fraction of sp³-hybridized carbons (Fsp3) is 0.429. The first kappa shape index (κ1) is 7.36. The maximum Gasteiger partial charge on any atom is 0.0245 e. The molecule has 0 unspecified atom stereocenters. The topological polar surface area (TPSA) is 0 Å². The van der Waals surface area contributed by atoms with Crippen LogP contribution in [0.15, 0.2) is 22.8 Å². The molecule has 2 heteroatoms. The van der Waals surface area contributed by atoms with Crippen LogP contribution in [0.5, 0.6) is 0 Å². The molecule has 1 aliphatic rings. The van der Waals surface area contributed by atoms with Gasteiger partial charge in [0.2, 0.25) is 0 Å². The third kappa shape index (κ3) is 2.15. The quantitative estimate of drug-likeness (QED) is 0.579. The summed E-state index contributed by atoms with van der Waals surface area (Å²) in [4.78, 5) is 0. The van der Waals surface area contributed by atoms with Crippen LogP contribution in [0, 0.1) is 0 Å². The van der Waals surface area contributed by atoms with Gasteiger partial charge in [0.25, 0.3) is 0 Å². The van der Waals surface area contributed by atoms with E-state index in [4.69, 9.17) is 11.6 Å². The first-order chi connectivity index (χ1) is 4.33. The van der Waals surface area contributed by atoms with Crippen LogP contribution in [-0.2, 0) is 0 Å². The smallest absolute Gasteiger partial charge is 0.0245 e. The molecule has 1 aliphatic carbocycles. The lowest BCUT2D eigenvalue weighted by atomic mass is 10.1. The SMILES string of the molecule is ClC1=CC=C(CBr)CC1. The number of allylic oxidation sites excluding steroid dienone is 4. The van der Waals surface area contributed by atoms with Crippen LogP contribution < -0.4 is 0 Å². The Morgan fingerprint density at radius 3 is 2.67 bits per heavy atom. The van der Waals surface area contributed by atoms with E-state index in [0.29, 0.717) is 0 Å². The molecule has 0 atom stereocenters. The number of hydrogen-bond donors (Lipinski definition) is 0. The van der Waals surface area contributed by atoms with Crippen molar-refractivity contribution >= 4 is 27.5 Å². The Balaban J connectivity index is 2.59. The first-order valence-corrected chi connectivity index (χ1v) is 4.43. The summed E-state index contributed by atoms with van der Waals surface area (Å²) in [5, 5.41) is 1.95. The fourth-order valence-electron chi connectivity index (χ4n) is 0.766. The van der Waals surface area contributed by atoms with Gasteiger partial charge in [-0.1, -0.05) is 39.2 Å². The summed E-state index contributed by atoms with van der Waals surface area (Å²) in [6, 6.07) is 0. The minimum absolute atomic E-state index is 0.972. The molecule has 1 rings (SSSR count). The van der Waals surface area contributed by atoms with Crippen LogP contribution in [0.4, 0.5) is 0 Å². The Kier molecular flexibility index (Phi) is 2.80. The molecule has 50 valence electrons. The molecule has 0 heterocycles. The van der Waals surface area contributed by atoms with Crippen molar-refractivity contribution in [3.05, 3.63) is 22.8 Å². The van der Waals surface area contributed by atoms with Crippen LogP contribution >= 0.6 is 27.5 Å². The molecule has 0 aromatic carbocycles. The molecule has 0 radical (unpaired) electrons. The van der Waals surface area contributed by atoms with Crippen molar-refractivity contribution < 1.29 is 0 Å². The Labute approximate surface area is 68.7 Å². The molecular weight excluding hydrogens is 199 g/mol. The molecule has 0 saturated carbocycles. The van der Waals surface area contributed by atoms with Crippen molar-refractivity contribution in [1.82, 2.24) is 0 Å². The first-order valence-electron chi connectivity index (χ1n) is 2.93. The van der Waals surface area contributed by atoms with Gasteiger partial charge in [-0.25, -0.2) is 0 Å². The lowest BCUT2D eigenvalue weighted by Crippen LogP contribution is -1.89. The molecule has 0 amide bonds. The fourth-order valence-corrected chi connectivity index (χ4v) is 1.39. The standard InChI is InChI=1S/C7H8BrCl/c8-5-6-1-3-7(9)4-2-6/h1,3H,2,4-5H2. The van der Waals surface area contributed by atoms with Gasteiger partial charge in [-0.05, 0) is 18.9 Å². The average Bonchev–Trinajstić information content (AvgIpc) is 1.90. The third-order valence-corrected chi connectivity index (χ3v) is 2.39. The zero-order valence-electron chi connectivity index (χ0n) is 5.03. The number of rotatable bonds is 1. The average molecular weight is 207 g/mol. The van der Waals surface area contributed by atoms with Gasteiger partial charge in [-0.3, -0.25) is 0 Å². The summed E-state index contributed by atoms with van der Waals surface area (Å²) in [7, 11) is 0. The van der Waals surface area contributed by atoms with Crippen LogP contribution in [-0.4, -0.2) is 5.33 Å². The van der Waals surface area contributed by atoms with E-state index in [-0.39, 0.29) is 0 Å². The minimum atomic E-state index is 0.972. The van der Waals surface area contributed by atoms with Gasteiger partial charge in [0.1, 0.15) is 0 Å². The number of halogens is 2. The van der Waals surface area contributed by atoms with E-state index in [1.165, 1.54) is 5.57 Å². The van der Waals surface area contributed by atoms with Gasteiger partial charge in [0.05, 0.1) is 0 Å². The maximum absolute atomic E-state index is 5.74. The molecule has 0 bridgehead atoms. The van der Waals surface area contributed by atoms with Crippen molar-refractivity contribution in [3.8, 4) is 0 Å². The van der Waals surface area contributed by atoms with E-state index < -0.39 is 0 Å². The van der Waals surface area contributed by atoms with E-state index in [1.807, 2.05) is 6.08 Å². The summed E-state index contributed by atoms with van der Waals surface area (Å²) in [5.74, 6) is 0. The largest absolute Gasteiger partial charge is 0.0891 e. The highest BCUT2D eigenvalue weighted by molar-refractivity contribution is 9.09. The van der Waals surface area contributed by atoms with Crippen molar-refractivity contribution in [1.29, 1.82) is 0 Å². The molecule has 0 spiro atoms. The summed E-state index contributed by atoms with van der Waals surface area (Å²) in [6.45, 7) is 0. The highest BCUT2D eigenvalue weighted by atomic mass is 79.9. The van der Waals surface area contributed by atoms with Gasteiger partial charge in [0, 0.05) is 10.4 Å². The minimum Gasteiger partial charge on any atom is -0.0891 e. The van der Waals surface area contributed by atoms with E-state index in [2.05, 4.69) is 22.0 Å².